The maximum atomic E-state index is 5.16. The quantitative estimate of drug-likeness (QED) is 0.849. The first kappa shape index (κ1) is 14.9. The van der Waals surface area contributed by atoms with Gasteiger partial charge in [0.25, 0.3) is 0 Å². The Hall–Kier alpha value is -1.01. The van der Waals surface area contributed by atoms with Crippen molar-refractivity contribution in [3.63, 3.8) is 0 Å². The second kappa shape index (κ2) is 6.83. The van der Waals surface area contributed by atoms with E-state index in [9.17, 15) is 0 Å². The van der Waals surface area contributed by atoms with Crippen molar-refractivity contribution in [3.05, 3.63) is 29.3 Å². The Labute approximate surface area is 130 Å². The van der Waals surface area contributed by atoms with Gasteiger partial charge in [0.05, 0.1) is 22.9 Å². The third-order valence-corrected chi connectivity index (χ3v) is 5.44. The molecule has 0 saturated carbocycles. The summed E-state index contributed by atoms with van der Waals surface area (Å²) < 4.78 is 6.45. The Morgan fingerprint density at radius 2 is 2.00 bits per heavy atom. The summed E-state index contributed by atoms with van der Waals surface area (Å²) in [5.41, 5.74) is 1.13. The number of hydrogen-bond acceptors (Lipinski definition) is 5. The van der Waals surface area contributed by atoms with E-state index in [1.54, 1.807) is 7.11 Å². The molecular formula is C16H23N3OS. The summed E-state index contributed by atoms with van der Waals surface area (Å²) in [6, 6.07) is 8.82. The monoisotopic (exact) mass is 305 g/mol. The van der Waals surface area contributed by atoms with Crippen molar-refractivity contribution in [3.8, 4) is 0 Å². The minimum Gasteiger partial charge on any atom is -0.383 e. The summed E-state index contributed by atoms with van der Waals surface area (Å²) in [4.78, 5) is 9.82. The number of rotatable bonds is 5. The van der Waals surface area contributed by atoms with E-state index in [0.29, 0.717) is 6.04 Å². The highest BCUT2D eigenvalue weighted by molar-refractivity contribution is 7.18. The molecule has 1 aromatic carbocycles. The van der Waals surface area contributed by atoms with Crippen molar-refractivity contribution in [1.29, 1.82) is 0 Å². The molecule has 1 aliphatic heterocycles. The Bertz CT molecular complexity index is 545. The van der Waals surface area contributed by atoms with Crippen LogP contribution in [0.4, 0.5) is 0 Å². The molecule has 0 spiro atoms. The smallest absolute Gasteiger partial charge is 0.111 e. The summed E-state index contributed by atoms with van der Waals surface area (Å²) in [5.74, 6) is 0. The van der Waals surface area contributed by atoms with Crippen LogP contribution in [0, 0.1) is 0 Å². The largest absolute Gasteiger partial charge is 0.383 e. The normalized spacial score (nSPS) is 19.1. The fourth-order valence-electron chi connectivity index (χ4n) is 2.82. The lowest BCUT2D eigenvalue weighted by Crippen LogP contribution is -2.47. The molecule has 1 atom stereocenters. The first-order chi connectivity index (χ1) is 10.3. The fraction of sp³-hybridized carbons (Fsp3) is 0.562. The van der Waals surface area contributed by atoms with Gasteiger partial charge in [0.2, 0.25) is 0 Å². The third kappa shape index (κ3) is 3.43. The van der Waals surface area contributed by atoms with Gasteiger partial charge < -0.3 is 4.74 Å². The molecule has 1 aliphatic rings. The molecule has 114 valence electrons. The van der Waals surface area contributed by atoms with Crippen LogP contribution >= 0.6 is 11.3 Å². The molecule has 3 rings (SSSR count). The zero-order valence-electron chi connectivity index (χ0n) is 12.8. The van der Waals surface area contributed by atoms with Crippen LogP contribution in [-0.2, 0) is 4.74 Å². The maximum absolute atomic E-state index is 5.16. The van der Waals surface area contributed by atoms with Crippen LogP contribution in [0.2, 0.25) is 0 Å². The summed E-state index contributed by atoms with van der Waals surface area (Å²) >= 11 is 1.83. The highest BCUT2D eigenvalue weighted by Crippen LogP contribution is 2.29. The number of para-hydroxylation sites is 1. The lowest BCUT2D eigenvalue weighted by molar-refractivity contribution is 0.0786. The lowest BCUT2D eigenvalue weighted by atomic mass is 10.2. The molecule has 0 bridgehead atoms. The van der Waals surface area contributed by atoms with E-state index in [2.05, 4.69) is 41.0 Å². The minimum absolute atomic E-state index is 0.409. The van der Waals surface area contributed by atoms with Crippen molar-refractivity contribution in [2.24, 2.45) is 0 Å². The van der Waals surface area contributed by atoms with Gasteiger partial charge in [-0.2, -0.15) is 0 Å². The molecule has 1 aromatic heterocycles. The molecule has 5 heteroatoms. The van der Waals surface area contributed by atoms with Gasteiger partial charge in [-0.1, -0.05) is 12.1 Å². The van der Waals surface area contributed by atoms with Gasteiger partial charge in [-0.25, -0.2) is 4.98 Å². The predicted molar refractivity (Wildman–Crippen MR) is 87.9 cm³/mol. The van der Waals surface area contributed by atoms with E-state index < -0.39 is 0 Å². The zero-order chi connectivity index (χ0) is 14.7. The number of ether oxygens (including phenoxy) is 1. The Balaban J connectivity index is 1.62. The van der Waals surface area contributed by atoms with Gasteiger partial charge in [-0.3, -0.25) is 9.80 Å². The highest BCUT2D eigenvalue weighted by atomic mass is 32.1. The second-order valence-electron chi connectivity index (χ2n) is 5.57. The molecule has 0 unspecified atom stereocenters. The Morgan fingerprint density at radius 3 is 2.71 bits per heavy atom. The third-order valence-electron chi connectivity index (χ3n) is 4.23. The first-order valence-corrected chi connectivity index (χ1v) is 8.40. The number of nitrogens with zero attached hydrogens (tertiary/aromatic N) is 3. The number of aromatic nitrogens is 1. The van der Waals surface area contributed by atoms with Crippen LogP contribution < -0.4 is 0 Å². The molecule has 2 aromatic rings. The summed E-state index contributed by atoms with van der Waals surface area (Å²) in [7, 11) is 1.77. The van der Waals surface area contributed by atoms with Crippen molar-refractivity contribution >= 4 is 21.6 Å². The van der Waals surface area contributed by atoms with Crippen molar-refractivity contribution in [2.45, 2.75) is 13.0 Å². The molecular weight excluding hydrogens is 282 g/mol. The molecule has 0 N–H and O–H groups in total. The molecule has 1 saturated heterocycles. The van der Waals surface area contributed by atoms with Crippen LogP contribution in [0.1, 0.15) is 18.0 Å². The topological polar surface area (TPSA) is 28.6 Å². The SMILES string of the molecule is COCCN1CCN([C@@H](C)c2nc3ccccc3s2)CC1. The number of hydrogen-bond donors (Lipinski definition) is 0. The van der Waals surface area contributed by atoms with E-state index >= 15 is 0 Å². The molecule has 0 amide bonds. The summed E-state index contributed by atoms with van der Waals surface area (Å²) in [5, 5.41) is 1.24. The van der Waals surface area contributed by atoms with Crippen LogP contribution in [0.3, 0.4) is 0 Å². The van der Waals surface area contributed by atoms with Gasteiger partial charge in [0, 0.05) is 39.8 Å². The van der Waals surface area contributed by atoms with Gasteiger partial charge in [0.1, 0.15) is 5.01 Å². The van der Waals surface area contributed by atoms with E-state index in [1.807, 2.05) is 11.3 Å². The lowest BCUT2D eigenvalue weighted by Gasteiger charge is -2.37. The first-order valence-electron chi connectivity index (χ1n) is 7.59. The molecule has 2 heterocycles. The molecule has 0 aliphatic carbocycles. The number of thiazole rings is 1. The van der Waals surface area contributed by atoms with Crippen molar-refractivity contribution in [2.75, 3.05) is 46.4 Å². The number of fused-ring (bicyclic) bond motifs is 1. The molecule has 1 fully saturated rings. The highest BCUT2D eigenvalue weighted by Gasteiger charge is 2.23. The van der Waals surface area contributed by atoms with Gasteiger partial charge in [-0.15, -0.1) is 11.3 Å². The van der Waals surface area contributed by atoms with Crippen LogP contribution in [0.25, 0.3) is 10.2 Å². The zero-order valence-corrected chi connectivity index (χ0v) is 13.6. The summed E-state index contributed by atoms with van der Waals surface area (Å²) in [6.45, 7) is 8.62. The molecule has 4 nitrogen and oxygen atoms in total. The second-order valence-corrected chi connectivity index (χ2v) is 6.63. The Kier molecular flexibility index (Phi) is 4.85. The average Bonchev–Trinajstić information content (AvgIpc) is 2.96. The van der Waals surface area contributed by atoms with Crippen LogP contribution in [0.5, 0.6) is 0 Å². The standard InChI is InChI=1S/C16H23N3OS/c1-13(16-17-14-5-3-4-6-15(14)21-16)19-9-7-18(8-10-19)11-12-20-2/h3-6,13H,7-12H2,1-2H3/t13-/m0/s1. The molecule has 0 radical (unpaired) electrons. The van der Waals surface area contributed by atoms with Crippen LogP contribution in [-0.4, -0.2) is 61.2 Å². The predicted octanol–water partition coefficient (Wildman–Crippen LogP) is 2.62. The fourth-order valence-corrected chi connectivity index (χ4v) is 3.87. The maximum Gasteiger partial charge on any atom is 0.111 e. The van der Waals surface area contributed by atoms with Gasteiger partial charge in [-0.05, 0) is 19.1 Å². The van der Waals surface area contributed by atoms with Crippen molar-refractivity contribution < 1.29 is 4.74 Å². The number of benzene rings is 1. The minimum atomic E-state index is 0.409. The van der Waals surface area contributed by atoms with Gasteiger partial charge in [0.15, 0.2) is 0 Å². The van der Waals surface area contributed by atoms with Crippen LogP contribution in [0.15, 0.2) is 24.3 Å². The van der Waals surface area contributed by atoms with E-state index in [0.717, 1.165) is 44.8 Å². The van der Waals surface area contributed by atoms with E-state index in [4.69, 9.17) is 9.72 Å². The van der Waals surface area contributed by atoms with Gasteiger partial charge >= 0.3 is 0 Å². The Morgan fingerprint density at radius 1 is 1.24 bits per heavy atom. The number of methoxy groups -OCH3 is 1. The number of piperazine rings is 1. The van der Waals surface area contributed by atoms with Crippen molar-refractivity contribution in [1.82, 2.24) is 14.8 Å². The summed E-state index contributed by atoms with van der Waals surface area (Å²) in [6.07, 6.45) is 0. The van der Waals surface area contributed by atoms with E-state index in [1.165, 1.54) is 9.71 Å². The average molecular weight is 305 g/mol. The molecule has 21 heavy (non-hydrogen) atoms. The van der Waals surface area contributed by atoms with E-state index in [-0.39, 0.29) is 0 Å².